The van der Waals surface area contributed by atoms with Crippen molar-refractivity contribution in [2.24, 2.45) is 5.11 Å². The summed E-state index contributed by atoms with van der Waals surface area (Å²) in [5.41, 5.74) is 8.04. The van der Waals surface area contributed by atoms with Gasteiger partial charge in [0.15, 0.2) is 0 Å². The van der Waals surface area contributed by atoms with Crippen LogP contribution in [0.2, 0.25) is 0 Å². The molecule has 0 radical (unpaired) electrons. The second-order valence-electron chi connectivity index (χ2n) is 4.27. The fourth-order valence-electron chi connectivity index (χ4n) is 0.930. The van der Waals surface area contributed by atoms with Crippen molar-refractivity contribution in [3.8, 4) is 0 Å². The molecule has 0 aromatic carbocycles. The number of amides is 1. The summed E-state index contributed by atoms with van der Waals surface area (Å²) in [7, 11) is 3.07. The standard InChI is InChI=1S/C11H19BrN4O4S2/c1-11(2,12)9(17)19-5-7-21-22-8-6-20-10(18)14-3-4-15-16-13/h3-8H2,1-2H3,(H,14,18). The second-order valence-corrected chi connectivity index (χ2v) is 8.95. The molecular weight excluding hydrogens is 396 g/mol. The molecule has 8 nitrogen and oxygen atoms in total. The molecule has 0 unspecified atom stereocenters. The Hall–Kier alpha value is -0.770. The predicted octanol–water partition coefficient (Wildman–Crippen LogP) is 3.12. The van der Waals surface area contributed by atoms with Gasteiger partial charge in [0.2, 0.25) is 0 Å². The van der Waals surface area contributed by atoms with Crippen LogP contribution in [0.3, 0.4) is 0 Å². The quantitative estimate of drug-likeness (QED) is 0.106. The fourth-order valence-corrected chi connectivity index (χ4v) is 2.70. The van der Waals surface area contributed by atoms with Gasteiger partial charge in [-0.1, -0.05) is 42.6 Å². The number of alkyl carbamates (subject to hydrolysis) is 1. The third kappa shape index (κ3) is 12.9. The summed E-state index contributed by atoms with van der Waals surface area (Å²) in [5.74, 6) is 1.00. The molecule has 22 heavy (non-hydrogen) atoms. The van der Waals surface area contributed by atoms with Gasteiger partial charge in [-0.15, -0.1) is 0 Å². The number of rotatable bonds is 11. The van der Waals surface area contributed by atoms with E-state index in [1.165, 1.54) is 21.6 Å². The average Bonchev–Trinajstić information content (AvgIpc) is 2.45. The second kappa shape index (κ2) is 12.7. The molecular formula is C11H19BrN4O4S2. The van der Waals surface area contributed by atoms with Gasteiger partial charge in [0.1, 0.15) is 17.5 Å². The van der Waals surface area contributed by atoms with Gasteiger partial charge < -0.3 is 14.8 Å². The van der Waals surface area contributed by atoms with Crippen LogP contribution in [0.1, 0.15) is 13.8 Å². The molecule has 0 aromatic heterocycles. The third-order valence-corrected chi connectivity index (χ3v) is 4.57. The Balaban J connectivity index is 3.38. The SMILES string of the molecule is CC(C)(Br)C(=O)OCCSSCCOC(=O)NCCN=[N+]=[N-]. The lowest BCUT2D eigenvalue weighted by molar-refractivity contribution is -0.144. The first kappa shape index (κ1) is 21.2. The number of nitrogens with one attached hydrogen (secondary N) is 1. The van der Waals surface area contributed by atoms with Crippen LogP contribution in [0, 0.1) is 0 Å². The number of carbonyl (C=O) groups excluding carboxylic acids is 2. The van der Waals surface area contributed by atoms with Gasteiger partial charge in [0.05, 0.1) is 0 Å². The first-order chi connectivity index (χ1) is 10.4. The van der Waals surface area contributed by atoms with Crippen molar-refractivity contribution < 1.29 is 19.1 Å². The summed E-state index contributed by atoms with van der Waals surface area (Å²) in [6.07, 6.45) is -0.535. The molecule has 0 aromatic rings. The molecule has 0 bridgehead atoms. The van der Waals surface area contributed by atoms with Gasteiger partial charge in [-0.25, -0.2) is 4.79 Å². The first-order valence-electron chi connectivity index (χ1n) is 6.40. The van der Waals surface area contributed by atoms with Gasteiger partial charge >= 0.3 is 12.1 Å². The number of carbonyl (C=O) groups is 2. The van der Waals surface area contributed by atoms with Crippen LogP contribution >= 0.6 is 37.5 Å². The molecule has 1 amide bonds. The molecule has 126 valence electrons. The molecule has 0 rings (SSSR count). The van der Waals surface area contributed by atoms with E-state index in [0.29, 0.717) is 18.1 Å². The molecule has 0 fully saturated rings. The van der Waals surface area contributed by atoms with E-state index in [4.69, 9.17) is 15.0 Å². The number of ether oxygens (including phenoxy) is 2. The normalized spacial score (nSPS) is 10.5. The Morgan fingerprint density at radius 3 is 2.41 bits per heavy atom. The lowest BCUT2D eigenvalue weighted by Gasteiger charge is -2.14. The monoisotopic (exact) mass is 414 g/mol. The smallest absolute Gasteiger partial charge is 0.407 e. The van der Waals surface area contributed by atoms with Gasteiger partial charge in [0, 0.05) is 29.5 Å². The van der Waals surface area contributed by atoms with Crippen LogP contribution in [-0.4, -0.2) is 54.2 Å². The van der Waals surface area contributed by atoms with Crippen molar-refractivity contribution in [2.45, 2.75) is 18.2 Å². The van der Waals surface area contributed by atoms with E-state index in [9.17, 15) is 9.59 Å². The number of azide groups is 1. The summed E-state index contributed by atoms with van der Waals surface area (Å²) < 4.78 is 9.30. The number of halogens is 1. The van der Waals surface area contributed by atoms with E-state index >= 15 is 0 Å². The van der Waals surface area contributed by atoms with Crippen molar-refractivity contribution in [3.63, 3.8) is 0 Å². The molecule has 1 N–H and O–H groups in total. The average molecular weight is 415 g/mol. The minimum atomic E-state index is -0.662. The van der Waals surface area contributed by atoms with E-state index in [0.717, 1.165) is 0 Å². The molecule has 0 heterocycles. The van der Waals surface area contributed by atoms with Crippen LogP contribution in [0.15, 0.2) is 5.11 Å². The van der Waals surface area contributed by atoms with E-state index < -0.39 is 10.4 Å². The minimum Gasteiger partial charge on any atom is -0.464 e. The summed E-state index contributed by atoms with van der Waals surface area (Å²) in [5, 5.41) is 5.72. The molecule has 11 heteroatoms. The van der Waals surface area contributed by atoms with Crippen LogP contribution in [0.4, 0.5) is 4.79 Å². The zero-order valence-corrected chi connectivity index (χ0v) is 15.6. The van der Waals surface area contributed by atoms with E-state index in [1.54, 1.807) is 13.8 Å². The van der Waals surface area contributed by atoms with E-state index in [2.05, 4.69) is 31.3 Å². The number of nitrogens with zero attached hydrogens (tertiary/aromatic N) is 3. The van der Waals surface area contributed by atoms with Crippen LogP contribution in [0.5, 0.6) is 0 Å². The van der Waals surface area contributed by atoms with Crippen LogP contribution in [0.25, 0.3) is 10.4 Å². The summed E-state index contributed by atoms with van der Waals surface area (Å²) in [6.45, 7) is 4.52. The molecule has 0 saturated heterocycles. The van der Waals surface area contributed by atoms with Gasteiger partial charge in [-0.2, -0.15) is 0 Å². The minimum absolute atomic E-state index is 0.195. The van der Waals surface area contributed by atoms with Crippen LogP contribution < -0.4 is 5.32 Å². The third-order valence-electron chi connectivity index (χ3n) is 1.91. The summed E-state index contributed by atoms with van der Waals surface area (Å²) >= 11 is 3.22. The molecule has 0 atom stereocenters. The first-order valence-corrected chi connectivity index (χ1v) is 9.68. The highest BCUT2D eigenvalue weighted by Gasteiger charge is 2.25. The van der Waals surface area contributed by atoms with Crippen molar-refractivity contribution >= 4 is 49.6 Å². The Bertz CT molecular complexity index is 400. The van der Waals surface area contributed by atoms with Crippen molar-refractivity contribution in [1.82, 2.24) is 5.32 Å². The topological polar surface area (TPSA) is 113 Å². The summed E-state index contributed by atoms with van der Waals surface area (Å²) in [6, 6.07) is 0. The zero-order valence-electron chi connectivity index (χ0n) is 12.4. The molecule has 0 aliphatic carbocycles. The zero-order chi connectivity index (χ0) is 16.8. The lowest BCUT2D eigenvalue weighted by Crippen LogP contribution is -2.27. The van der Waals surface area contributed by atoms with Crippen molar-refractivity contribution in [2.75, 3.05) is 37.8 Å². The molecule has 0 spiro atoms. The van der Waals surface area contributed by atoms with Gasteiger partial charge in [-0.3, -0.25) is 4.79 Å². The van der Waals surface area contributed by atoms with Crippen molar-refractivity contribution in [3.05, 3.63) is 10.4 Å². The Morgan fingerprint density at radius 2 is 1.86 bits per heavy atom. The number of alkyl halides is 1. The van der Waals surface area contributed by atoms with E-state index in [-0.39, 0.29) is 25.7 Å². The Morgan fingerprint density at radius 1 is 1.27 bits per heavy atom. The molecule has 0 aliphatic heterocycles. The molecule has 0 aliphatic rings. The number of esters is 1. The lowest BCUT2D eigenvalue weighted by atomic mass is 10.2. The fraction of sp³-hybridized carbons (Fsp3) is 0.818. The predicted molar refractivity (Wildman–Crippen MR) is 92.2 cm³/mol. The van der Waals surface area contributed by atoms with Crippen molar-refractivity contribution in [1.29, 1.82) is 0 Å². The maximum Gasteiger partial charge on any atom is 0.407 e. The number of hydrogen-bond donors (Lipinski definition) is 1. The largest absolute Gasteiger partial charge is 0.464 e. The Labute approximate surface area is 145 Å². The highest BCUT2D eigenvalue weighted by molar-refractivity contribution is 9.10. The van der Waals surface area contributed by atoms with Crippen LogP contribution in [-0.2, 0) is 14.3 Å². The summed E-state index contributed by atoms with van der Waals surface area (Å²) in [4.78, 5) is 25.2. The number of hydrogen-bond acceptors (Lipinski definition) is 7. The molecule has 0 saturated carbocycles. The van der Waals surface area contributed by atoms with E-state index in [1.807, 2.05) is 0 Å². The Kier molecular flexibility index (Phi) is 12.3. The highest BCUT2D eigenvalue weighted by Crippen LogP contribution is 2.21. The maximum absolute atomic E-state index is 11.4. The van der Waals surface area contributed by atoms with Gasteiger partial charge in [0.25, 0.3) is 0 Å². The highest BCUT2D eigenvalue weighted by atomic mass is 79.9. The van der Waals surface area contributed by atoms with Gasteiger partial charge in [-0.05, 0) is 19.4 Å². The maximum atomic E-state index is 11.4.